The highest BCUT2D eigenvalue weighted by Gasteiger charge is 2.12. The number of thiazole rings is 1. The van der Waals surface area contributed by atoms with Gasteiger partial charge in [-0.15, -0.1) is 11.3 Å². The third kappa shape index (κ3) is 4.84. The molecule has 0 bridgehead atoms. The van der Waals surface area contributed by atoms with Crippen molar-refractivity contribution in [3.8, 4) is 17.0 Å². The molecule has 1 N–H and O–H groups in total. The Morgan fingerprint density at radius 2 is 1.94 bits per heavy atom. The number of amides is 1. The van der Waals surface area contributed by atoms with E-state index in [2.05, 4.69) is 15.3 Å². The van der Waals surface area contributed by atoms with E-state index in [4.69, 9.17) is 4.74 Å². The number of anilines is 1. The number of hydrogen-bond acceptors (Lipinski definition) is 7. The Kier molecular flexibility index (Phi) is 6.87. The fraction of sp³-hybridized carbons (Fsp3) is 0.217. The fourth-order valence-corrected chi connectivity index (χ4v) is 4.92. The van der Waals surface area contributed by atoms with E-state index in [1.807, 2.05) is 54.8 Å². The summed E-state index contributed by atoms with van der Waals surface area (Å²) in [6, 6.07) is 14.9. The van der Waals surface area contributed by atoms with Crippen LogP contribution in [0.15, 0.2) is 63.9 Å². The number of fused-ring (bicyclic) bond motifs is 1. The molecule has 0 saturated heterocycles. The van der Waals surface area contributed by atoms with Gasteiger partial charge in [-0.3, -0.25) is 14.2 Å². The lowest BCUT2D eigenvalue weighted by Gasteiger charge is -2.10. The van der Waals surface area contributed by atoms with Crippen molar-refractivity contribution in [2.75, 3.05) is 18.2 Å². The second-order valence-electron chi connectivity index (χ2n) is 6.87. The molecule has 1 amide bonds. The molecule has 0 aliphatic rings. The van der Waals surface area contributed by atoms with E-state index in [0.717, 1.165) is 17.0 Å². The molecular formula is C23H22N4O3S2. The minimum atomic E-state index is -0.126. The van der Waals surface area contributed by atoms with Gasteiger partial charge in [0.25, 0.3) is 5.56 Å². The molecule has 0 fully saturated rings. The summed E-state index contributed by atoms with van der Waals surface area (Å²) in [4.78, 5) is 34.2. The van der Waals surface area contributed by atoms with Crippen LogP contribution in [0.2, 0.25) is 0 Å². The number of hydrogen-bond donors (Lipinski definition) is 1. The summed E-state index contributed by atoms with van der Waals surface area (Å²) in [6.07, 6.45) is 0.286. The first kappa shape index (κ1) is 22.0. The van der Waals surface area contributed by atoms with Crippen LogP contribution in [0.5, 0.6) is 5.75 Å². The maximum Gasteiger partial charge on any atom is 0.262 e. The monoisotopic (exact) mass is 466 g/mol. The number of benzene rings is 2. The lowest BCUT2D eigenvalue weighted by atomic mass is 10.2. The SMILES string of the molecule is CCn1c(SCCC(=O)Nc2nc(-c3ccc(OC)cc3)cs2)nc2ccccc2c1=O. The summed E-state index contributed by atoms with van der Waals surface area (Å²) in [5, 5.41) is 6.55. The number of nitrogens with one attached hydrogen (secondary N) is 1. The highest BCUT2D eigenvalue weighted by molar-refractivity contribution is 7.99. The molecule has 4 rings (SSSR count). The minimum absolute atomic E-state index is 0.0566. The molecule has 9 heteroatoms. The number of aromatic nitrogens is 3. The normalized spacial score (nSPS) is 10.9. The van der Waals surface area contributed by atoms with Crippen molar-refractivity contribution in [3.05, 3.63) is 64.3 Å². The summed E-state index contributed by atoms with van der Waals surface area (Å²) < 4.78 is 6.82. The average Bonchev–Trinajstić information content (AvgIpc) is 3.27. The summed E-state index contributed by atoms with van der Waals surface area (Å²) in [6.45, 7) is 2.44. The van der Waals surface area contributed by atoms with Crippen molar-refractivity contribution in [3.63, 3.8) is 0 Å². The molecule has 4 aromatic rings. The lowest BCUT2D eigenvalue weighted by Crippen LogP contribution is -2.22. The molecule has 2 aromatic carbocycles. The van der Waals surface area contributed by atoms with Crippen molar-refractivity contribution in [2.45, 2.75) is 25.0 Å². The van der Waals surface area contributed by atoms with Crippen molar-refractivity contribution in [2.24, 2.45) is 0 Å². The van der Waals surface area contributed by atoms with Crippen molar-refractivity contribution in [1.82, 2.24) is 14.5 Å². The first-order valence-electron chi connectivity index (χ1n) is 10.1. The Hall–Kier alpha value is -3.17. The van der Waals surface area contributed by atoms with E-state index < -0.39 is 0 Å². The van der Waals surface area contributed by atoms with Crippen molar-refractivity contribution in [1.29, 1.82) is 0 Å². The van der Waals surface area contributed by atoms with Gasteiger partial charge in [-0.1, -0.05) is 23.9 Å². The van der Waals surface area contributed by atoms with E-state index >= 15 is 0 Å². The molecule has 2 heterocycles. The van der Waals surface area contributed by atoms with Gasteiger partial charge >= 0.3 is 0 Å². The average molecular weight is 467 g/mol. The molecule has 0 aliphatic heterocycles. The van der Waals surface area contributed by atoms with Crippen LogP contribution >= 0.6 is 23.1 Å². The van der Waals surface area contributed by atoms with Gasteiger partial charge in [0.15, 0.2) is 10.3 Å². The Morgan fingerprint density at radius 3 is 2.69 bits per heavy atom. The van der Waals surface area contributed by atoms with Crippen LogP contribution in [-0.2, 0) is 11.3 Å². The number of rotatable bonds is 8. The number of methoxy groups -OCH3 is 1. The maximum atomic E-state index is 12.7. The molecule has 0 aliphatic carbocycles. The van der Waals surface area contributed by atoms with Gasteiger partial charge in [-0.05, 0) is 43.3 Å². The standard InChI is InChI=1S/C23H22N4O3S2/c1-3-27-21(29)17-6-4-5-7-18(17)25-23(27)31-13-12-20(28)26-22-24-19(14-32-22)15-8-10-16(30-2)11-9-15/h4-11,14H,3,12-13H2,1-2H3,(H,24,26,28). The Bertz CT molecular complexity index is 1300. The largest absolute Gasteiger partial charge is 0.497 e. The van der Waals surface area contributed by atoms with Gasteiger partial charge in [0, 0.05) is 29.7 Å². The molecule has 0 atom stereocenters. The third-order valence-corrected chi connectivity index (χ3v) is 6.58. The Labute approximate surface area is 193 Å². The Morgan fingerprint density at radius 1 is 1.16 bits per heavy atom. The van der Waals surface area contributed by atoms with Gasteiger partial charge in [-0.25, -0.2) is 9.97 Å². The second-order valence-corrected chi connectivity index (χ2v) is 8.79. The zero-order chi connectivity index (χ0) is 22.5. The second kappa shape index (κ2) is 9.97. The summed E-state index contributed by atoms with van der Waals surface area (Å²) in [5.74, 6) is 1.16. The summed E-state index contributed by atoms with van der Waals surface area (Å²) in [7, 11) is 1.63. The lowest BCUT2D eigenvalue weighted by molar-refractivity contribution is -0.115. The van der Waals surface area contributed by atoms with E-state index in [1.165, 1.54) is 23.1 Å². The van der Waals surface area contributed by atoms with Crippen LogP contribution in [0.25, 0.3) is 22.2 Å². The van der Waals surface area contributed by atoms with Crippen LogP contribution in [0, 0.1) is 0 Å². The van der Waals surface area contributed by atoms with Gasteiger partial charge in [0.05, 0.1) is 23.7 Å². The molecule has 2 aromatic heterocycles. The van der Waals surface area contributed by atoms with Crippen LogP contribution in [0.3, 0.4) is 0 Å². The van der Waals surface area contributed by atoms with Gasteiger partial charge in [0.1, 0.15) is 5.75 Å². The predicted octanol–water partition coefficient (Wildman–Crippen LogP) is 4.67. The molecule has 32 heavy (non-hydrogen) atoms. The topological polar surface area (TPSA) is 86.1 Å². The predicted molar refractivity (Wildman–Crippen MR) is 130 cm³/mol. The van der Waals surface area contributed by atoms with Gasteiger partial charge < -0.3 is 10.1 Å². The minimum Gasteiger partial charge on any atom is -0.497 e. The quantitative estimate of drug-likeness (QED) is 0.300. The number of carbonyl (C=O) groups is 1. The molecule has 164 valence electrons. The van der Waals surface area contributed by atoms with Gasteiger partial charge in [-0.2, -0.15) is 0 Å². The Balaban J connectivity index is 1.37. The van der Waals surface area contributed by atoms with E-state index in [-0.39, 0.29) is 17.9 Å². The number of nitrogens with zero attached hydrogens (tertiary/aromatic N) is 3. The first-order chi connectivity index (χ1) is 15.6. The van der Waals surface area contributed by atoms with Gasteiger partial charge in [0.2, 0.25) is 5.91 Å². The third-order valence-electron chi connectivity index (χ3n) is 4.84. The zero-order valence-electron chi connectivity index (χ0n) is 17.7. The number of thioether (sulfide) groups is 1. The fourth-order valence-electron chi connectivity index (χ4n) is 3.18. The smallest absolute Gasteiger partial charge is 0.262 e. The molecule has 0 radical (unpaired) electrons. The molecule has 0 spiro atoms. The van der Waals surface area contributed by atoms with E-state index in [1.54, 1.807) is 17.7 Å². The van der Waals surface area contributed by atoms with Crippen molar-refractivity contribution >= 4 is 45.0 Å². The summed E-state index contributed by atoms with van der Waals surface area (Å²) >= 11 is 2.79. The summed E-state index contributed by atoms with van der Waals surface area (Å²) in [5.41, 5.74) is 2.37. The van der Waals surface area contributed by atoms with Crippen LogP contribution in [0.1, 0.15) is 13.3 Å². The highest BCUT2D eigenvalue weighted by Crippen LogP contribution is 2.27. The molecule has 0 unspecified atom stereocenters. The number of ether oxygens (including phenoxy) is 1. The van der Waals surface area contributed by atoms with Crippen LogP contribution in [0.4, 0.5) is 5.13 Å². The van der Waals surface area contributed by atoms with E-state index in [0.29, 0.717) is 33.5 Å². The molecular weight excluding hydrogens is 444 g/mol. The molecule has 0 saturated carbocycles. The maximum absolute atomic E-state index is 12.7. The zero-order valence-corrected chi connectivity index (χ0v) is 19.3. The highest BCUT2D eigenvalue weighted by atomic mass is 32.2. The number of carbonyl (C=O) groups excluding carboxylic acids is 1. The van der Waals surface area contributed by atoms with Crippen molar-refractivity contribution < 1.29 is 9.53 Å². The van der Waals surface area contributed by atoms with Crippen LogP contribution < -0.4 is 15.6 Å². The number of para-hydroxylation sites is 1. The molecule has 7 nitrogen and oxygen atoms in total. The van der Waals surface area contributed by atoms with Crippen LogP contribution in [-0.4, -0.2) is 33.3 Å². The van der Waals surface area contributed by atoms with E-state index in [9.17, 15) is 9.59 Å². The first-order valence-corrected chi connectivity index (χ1v) is 12.0.